The first-order valence-corrected chi connectivity index (χ1v) is 2.00. The Kier molecular flexibility index (Phi) is 9.01. The molecule has 0 fully saturated rings. The van der Waals surface area contributed by atoms with Crippen LogP contribution in [0.3, 0.4) is 0 Å². The van der Waals surface area contributed by atoms with Gasteiger partial charge in [0.2, 0.25) is 0 Å². The maximum Gasteiger partial charge on any atom is 0.379 e. The Morgan fingerprint density at radius 3 is 1.00 bits per heavy atom. The fourth-order valence-corrected chi connectivity index (χ4v) is 0. The Morgan fingerprint density at radius 1 is 1.00 bits per heavy atom. The lowest BCUT2D eigenvalue weighted by molar-refractivity contribution is 0.00819. The second-order valence-electron chi connectivity index (χ2n) is 1.59. The number of hydrogen-bond acceptors (Lipinski definition) is 1. The van der Waals surface area contributed by atoms with E-state index in [1.807, 2.05) is 26.0 Å². The molecule has 52 valence electrons. The molecule has 0 aliphatic carbocycles. The minimum Gasteiger partial charge on any atom is -0.312 e. The van der Waals surface area contributed by atoms with Crippen LogP contribution in [0.2, 0.25) is 0 Å². The third-order valence-corrected chi connectivity index (χ3v) is 0. The molecule has 0 spiro atoms. The monoisotopic (exact) mass is 129 g/mol. The van der Waals surface area contributed by atoms with Gasteiger partial charge in [-0.1, -0.05) is 0 Å². The fraction of sp³-hybridized carbons (Fsp3) is 1.00. The van der Waals surface area contributed by atoms with Crippen LogP contribution in [0.4, 0.5) is 13.2 Å². The second-order valence-corrected chi connectivity index (χ2v) is 1.59. The zero-order valence-corrected chi connectivity index (χ0v) is 5.16. The van der Waals surface area contributed by atoms with Crippen LogP contribution in [-0.4, -0.2) is 32.7 Å². The highest BCUT2D eigenvalue weighted by Crippen LogP contribution is 1.87. The molecule has 0 aromatic carbocycles. The van der Waals surface area contributed by atoms with Gasteiger partial charge >= 0.3 is 6.68 Å². The molecule has 0 unspecified atom stereocenters. The van der Waals surface area contributed by atoms with Gasteiger partial charge in [-0.05, 0) is 21.1 Å². The van der Waals surface area contributed by atoms with Gasteiger partial charge in [-0.15, -0.1) is 0 Å². The van der Waals surface area contributed by atoms with Gasteiger partial charge in [0.05, 0.1) is 0 Å². The van der Waals surface area contributed by atoms with Gasteiger partial charge in [-0.2, -0.15) is 13.2 Å². The smallest absolute Gasteiger partial charge is 0.312 e. The summed E-state index contributed by atoms with van der Waals surface area (Å²) in [5.74, 6) is 0. The third kappa shape index (κ3) is 2080. The molecule has 0 saturated carbocycles. The van der Waals surface area contributed by atoms with Crippen LogP contribution in [-0.2, 0) is 0 Å². The predicted octanol–water partition coefficient (Wildman–Crippen LogP) is 1.36. The van der Waals surface area contributed by atoms with Crippen LogP contribution < -0.4 is 0 Å². The Balaban J connectivity index is 0. The summed E-state index contributed by atoms with van der Waals surface area (Å²) in [4.78, 5) is 2.00. The van der Waals surface area contributed by atoms with Crippen molar-refractivity contribution in [2.45, 2.75) is 6.68 Å². The first-order valence-electron chi connectivity index (χ1n) is 2.00. The SMILES string of the molecule is CN(C)C.FC(F)F. The summed E-state index contributed by atoms with van der Waals surface area (Å²) in [6.07, 6.45) is 0. The minimum atomic E-state index is -3.67. The molecule has 4 heteroatoms. The molecule has 0 amide bonds. The van der Waals surface area contributed by atoms with E-state index in [0.29, 0.717) is 0 Å². The Hall–Kier alpha value is -0.250. The molecule has 0 N–H and O–H groups in total. The normalized spacial score (nSPS) is 9.00. The largest absolute Gasteiger partial charge is 0.379 e. The molecular formula is C4H10F3N. The number of hydrogen-bond donors (Lipinski definition) is 0. The van der Waals surface area contributed by atoms with Gasteiger partial charge < -0.3 is 4.90 Å². The van der Waals surface area contributed by atoms with E-state index in [1.54, 1.807) is 0 Å². The summed E-state index contributed by atoms with van der Waals surface area (Å²) in [6.45, 7) is -3.67. The lowest BCUT2D eigenvalue weighted by Gasteiger charge is -1.90. The van der Waals surface area contributed by atoms with Gasteiger partial charge in [0.25, 0.3) is 0 Å². The Morgan fingerprint density at radius 2 is 1.00 bits per heavy atom. The average molecular weight is 129 g/mol. The predicted molar refractivity (Wildman–Crippen MR) is 26.7 cm³/mol. The third-order valence-electron chi connectivity index (χ3n) is 0. The highest BCUT2D eigenvalue weighted by atomic mass is 19.4. The molecule has 0 radical (unpaired) electrons. The lowest BCUT2D eigenvalue weighted by Crippen LogP contribution is -1.99. The zero-order valence-electron chi connectivity index (χ0n) is 5.16. The summed E-state index contributed by atoms with van der Waals surface area (Å²) in [5, 5.41) is 0. The van der Waals surface area contributed by atoms with Crippen molar-refractivity contribution in [3.63, 3.8) is 0 Å². The van der Waals surface area contributed by atoms with Gasteiger partial charge in [0.15, 0.2) is 0 Å². The fourth-order valence-electron chi connectivity index (χ4n) is 0. The number of rotatable bonds is 0. The van der Waals surface area contributed by atoms with Crippen molar-refractivity contribution >= 4 is 0 Å². The molecule has 0 aliphatic heterocycles. The summed E-state index contributed by atoms with van der Waals surface area (Å²) >= 11 is 0. The number of alkyl halides is 3. The molecule has 8 heavy (non-hydrogen) atoms. The summed E-state index contributed by atoms with van der Waals surface area (Å²) < 4.78 is 29.0. The van der Waals surface area contributed by atoms with E-state index < -0.39 is 6.68 Å². The van der Waals surface area contributed by atoms with E-state index in [0.717, 1.165) is 0 Å². The molecule has 0 saturated heterocycles. The van der Waals surface area contributed by atoms with Crippen LogP contribution in [0.5, 0.6) is 0 Å². The summed E-state index contributed by atoms with van der Waals surface area (Å²) in [6, 6.07) is 0. The highest BCUT2D eigenvalue weighted by molar-refractivity contribution is 4.09. The van der Waals surface area contributed by atoms with Crippen LogP contribution in [0.15, 0.2) is 0 Å². The highest BCUT2D eigenvalue weighted by Gasteiger charge is 1.86. The van der Waals surface area contributed by atoms with E-state index in [4.69, 9.17) is 0 Å². The molecule has 0 bridgehead atoms. The first kappa shape index (κ1) is 10.7. The van der Waals surface area contributed by atoms with Crippen molar-refractivity contribution in [3.8, 4) is 0 Å². The van der Waals surface area contributed by atoms with Crippen molar-refractivity contribution in [3.05, 3.63) is 0 Å². The van der Waals surface area contributed by atoms with Crippen LogP contribution in [0.1, 0.15) is 0 Å². The van der Waals surface area contributed by atoms with Crippen molar-refractivity contribution in [1.82, 2.24) is 4.90 Å². The molecule has 0 atom stereocenters. The van der Waals surface area contributed by atoms with Crippen molar-refractivity contribution < 1.29 is 13.2 Å². The van der Waals surface area contributed by atoms with E-state index >= 15 is 0 Å². The Bertz CT molecular complexity index is 26.8. The zero-order chi connectivity index (χ0) is 7.15. The van der Waals surface area contributed by atoms with Gasteiger partial charge in [-0.3, -0.25) is 0 Å². The maximum atomic E-state index is 9.67. The van der Waals surface area contributed by atoms with Crippen molar-refractivity contribution in [2.24, 2.45) is 0 Å². The van der Waals surface area contributed by atoms with Crippen LogP contribution in [0, 0.1) is 0 Å². The second kappa shape index (κ2) is 6.75. The van der Waals surface area contributed by atoms with Gasteiger partial charge in [-0.25, -0.2) is 0 Å². The quantitative estimate of drug-likeness (QED) is 0.477. The van der Waals surface area contributed by atoms with E-state index in [-0.39, 0.29) is 0 Å². The van der Waals surface area contributed by atoms with Gasteiger partial charge in [0.1, 0.15) is 0 Å². The van der Waals surface area contributed by atoms with Crippen molar-refractivity contribution in [2.75, 3.05) is 21.1 Å². The van der Waals surface area contributed by atoms with E-state index in [1.165, 1.54) is 0 Å². The average Bonchev–Trinajstić information content (AvgIpc) is 1.25. The molecule has 1 nitrogen and oxygen atoms in total. The summed E-state index contributed by atoms with van der Waals surface area (Å²) in [5.41, 5.74) is 0. The number of nitrogens with zero attached hydrogens (tertiary/aromatic N) is 1. The van der Waals surface area contributed by atoms with E-state index in [9.17, 15) is 13.2 Å². The molecule has 0 aromatic heterocycles. The van der Waals surface area contributed by atoms with Crippen LogP contribution >= 0.6 is 0 Å². The van der Waals surface area contributed by atoms with Crippen molar-refractivity contribution in [1.29, 1.82) is 0 Å². The molecule has 0 aliphatic rings. The Labute approximate surface area is 47.1 Å². The molecule has 0 heterocycles. The molecular weight excluding hydrogens is 119 g/mol. The molecule has 0 aromatic rings. The van der Waals surface area contributed by atoms with Gasteiger partial charge in [0, 0.05) is 0 Å². The first-order chi connectivity index (χ1) is 3.46. The van der Waals surface area contributed by atoms with E-state index in [2.05, 4.69) is 0 Å². The maximum absolute atomic E-state index is 9.67. The topological polar surface area (TPSA) is 3.24 Å². The standard InChI is InChI=1S/C3H9N.CHF3/c1-4(2)3;2-1(3)4/h1-3H3;1H. The van der Waals surface area contributed by atoms with Crippen LogP contribution in [0.25, 0.3) is 0 Å². The number of halogens is 3. The molecule has 0 rings (SSSR count). The summed E-state index contributed by atoms with van der Waals surface area (Å²) in [7, 11) is 6.00. The minimum absolute atomic E-state index is 2.00. The lowest BCUT2D eigenvalue weighted by atomic mass is 11.0.